The summed E-state index contributed by atoms with van der Waals surface area (Å²) in [5, 5.41) is 0. The van der Waals surface area contributed by atoms with Crippen LogP contribution < -0.4 is 9.47 Å². The molecule has 42 heavy (non-hydrogen) atoms. The molecule has 0 radical (unpaired) electrons. The lowest BCUT2D eigenvalue weighted by Gasteiger charge is -2.29. The largest absolute Gasteiger partial charge is 0.494 e. The van der Waals surface area contributed by atoms with E-state index >= 15 is 0 Å². The number of ketones is 2. The highest BCUT2D eigenvalue weighted by Crippen LogP contribution is 2.27. The molecule has 0 bridgehead atoms. The second-order valence-corrected chi connectivity index (χ2v) is 10.4. The molecule has 0 amide bonds. The number of hydrogen-bond acceptors (Lipinski definition) is 8. The van der Waals surface area contributed by atoms with Crippen LogP contribution in [0.5, 0.6) is 11.5 Å². The Morgan fingerprint density at radius 1 is 0.571 bits per heavy atom. The number of Topliss-reactive ketones (excluding diaryl/α,β-unsaturated/α-hetero) is 2. The maximum absolute atomic E-state index is 13.0. The maximum atomic E-state index is 13.0. The first-order chi connectivity index (χ1) is 20.1. The molecule has 0 N–H and O–H groups in total. The highest BCUT2D eigenvalue weighted by molar-refractivity contribution is 6.03. The van der Waals surface area contributed by atoms with Gasteiger partial charge in [-0.25, -0.2) is 4.79 Å². The molecule has 0 saturated heterocycles. The molecular weight excluding hydrogens is 536 g/mol. The van der Waals surface area contributed by atoms with Crippen molar-refractivity contribution in [1.29, 1.82) is 0 Å². The number of ether oxygens (including phenoxy) is 4. The van der Waals surface area contributed by atoms with E-state index in [0.29, 0.717) is 61.5 Å². The monoisotopic (exact) mass is 582 g/mol. The Hall–Kier alpha value is -3.68. The van der Waals surface area contributed by atoms with Gasteiger partial charge in [0.05, 0.1) is 18.8 Å². The summed E-state index contributed by atoms with van der Waals surface area (Å²) < 4.78 is 22.6. The van der Waals surface area contributed by atoms with Crippen molar-refractivity contribution in [2.75, 3.05) is 13.2 Å². The Kier molecular flexibility index (Phi) is 13.7. The Bertz CT molecular complexity index is 1160. The van der Waals surface area contributed by atoms with Crippen LogP contribution >= 0.6 is 0 Å². The van der Waals surface area contributed by atoms with Crippen LogP contribution in [0.1, 0.15) is 114 Å². The summed E-state index contributed by atoms with van der Waals surface area (Å²) in [5.41, 5.74) is -1.34. The van der Waals surface area contributed by atoms with Crippen molar-refractivity contribution in [3.63, 3.8) is 0 Å². The van der Waals surface area contributed by atoms with E-state index in [0.717, 1.165) is 25.7 Å². The summed E-state index contributed by atoms with van der Waals surface area (Å²) in [6, 6.07) is 13.7. The van der Waals surface area contributed by atoms with Crippen molar-refractivity contribution in [2.24, 2.45) is 0 Å². The molecule has 0 spiro atoms. The molecule has 0 unspecified atom stereocenters. The van der Waals surface area contributed by atoms with Crippen LogP contribution in [-0.2, 0) is 19.1 Å². The molecule has 2 aromatic rings. The summed E-state index contributed by atoms with van der Waals surface area (Å²) in [5.74, 6) is 0.0292. The minimum atomic E-state index is -1.14. The maximum Gasteiger partial charge on any atom is 0.339 e. The van der Waals surface area contributed by atoms with E-state index in [2.05, 4.69) is 0 Å². The minimum Gasteiger partial charge on any atom is -0.494 e. The van der Waals surface area contributed by atoms with Crippen LogP contribution in [0, 0.1) is 0 Å². The molecule has 230 valence electrons. The average Bonchev–Trinajstić information content (AvgIpc) is 3.00. The van der Waals surface area contributed by atoms with Crippen molar-refractivity contribution >= 4 is 23.5 Å². The fourth-order valence-corrected chi connectivity index (χ4v) is 4.83. The Morgan fingerprint density at radius 2 is 1.00 bits per heavy atom. The minimum absolute atomic E-state index is 0.150. The summed E-state index contributed by atoms with van der Waals surface area (Å²) in [6.45, 7) is 11.3. The summed E-state index contributed by atoms with van der Waals surface area (Å²) >= 11 is 0. The van der Waals surface area contributed by atoms with Gasteiger partial charge in [0.1, 0.15) is 11.5 Å². The smallest absolute Gasteiger partial charge is 0.339 e. The van der Waals surface area contributed by atoms with Gasteiger partial charge in [0.25, 0.3) is 0 Å². The first kappa shape index (κ1) is 34.5. The van der Waals surface area contributed by atoms with Crippen LogP contribution in [-0.4, -0.2) is 47.9 Å². The van der Waals surface area contributed by atoms with Gasteiger partial charge < -0.3 is 18.9 Å². The van der Waals surface area contributed by atoms with Crippen molar-refractivity contribution < 1.29 is 38.1 Å². The molecule has 8 nitrogen and oxygen atoms in total. The lowest BCUT2D eigenvalue weighted by Crippen LogP contribution is -2.42. The molecular formula is C34H46O8. The Morgan fingerprint density at radius 3 is 1.38 bits per heavy atom. The molecule has 2 aromatic carbocycles. The fourth-order valence-electron chi connectivity index (χ4n) is 4.83. The average molecular weight is 583 g/mol. The molecule has 0 fully saturated rings. The number of carbonyl (C=O) groups excluding carboxylic acids is 4. The van der Waals surface area contributed by atoms with E-state index in [4.69, 9.17) is 18.9 Å². The molecule has 0 atom stereocenters. The van der Waals surface area contributed by atoms with Gasteiger partial charge in [-0.05, 0) is 107 Å². The molecule has 0 aliphatic carbocycles. The molecule has 8 heteroatoms. The number of benzene rings is 2. The van der Waals surface area contributed by atoms with E-state index in [1.165, 1.54) is 13.8 Å². The topological polar surface area (TPSA) is 105 Å². The lowest BCUT2D eigenvalue weighted by atomic mass is 9.87. The predicted octanol–water partition coefficient (Wildman–Crippen LogP) is 7.31. The van der Waals surface area contributed by atoms with Crippen molar-refractivity contribution in [1.82, 2.24) is 0 Å². The van der Waals surface area contributed by atoms with Gasteiger partial charge in [-0.15, -0.1) is 0 Å². The molecule has 0 aliphatic rings. The zero-order valence-corrected chi connectivity index (χ0v) is 26.0. The normalized spacial score (nSPS) is 11.5. The van der Waals surface area contributed by atoms with Crippen molar-refractivity contribution in [2.45, 2.75) is 104 Å². The van der Waals surface area contributed by atoms with E-state index in [9.17, 15) is 19.2 Å². The standard InChI is InChI=1S/C34H46O8/c1-7-33(8-2,25(5)35)42-32(38)28-17-21-30(22-18-28)40-24-14-12-11-13-23-39-29-19-15-27(16-20-29)31(37)34(9-3,10-4)41-26(6)36/h15-22H,7-14,23-24H2,1-6H3. The van der Waals surface area contributed by atoms with Gasteiger partial charge in [-0.2, -0.15) is 0 Å². The Labute approximate surface area is 250 Å². The molecule has 0 aliphatic heterocycles. The van der Waals surface area contributed by atoms with E-state index in [1.807, 2.05) is 27.7 Å². The van der Waals surface area contributed by atoms with Gasteiger partial charge in [-0.3, -0.25) is 14.4 Å². The van der Waals surface area contributed by atoms with Crippen LogP contribution in [0.4, 0.5) is 0 Å². The second kappa shape index (κ2) is 16.7. The number of rotatable bonds is 19. The SMILES string of the molecule is CCC(CC)(OC(=O)c1ccc(OCCCCCCOc2ccc(C(=O)C(CC)(CC)OC(C)=O)cc2)cc1)C(C)=O. The highest BCUT2D eigenvalue weighted by Gasteiger charge is 2.39. The highest BCUT2D eigenvalue weighted by atomic mass is 16.6. The Balaban J connectivity index is 1.69. The molecule has 0 heterocycles. The first-order valence-electron chi connectivity index (χ1n) is 15.0. The van der Waals surface area contributed by atoms with E-state index < -0.39 is 23.1 Å². The number of unbranched alkanes of at least 4 members (excludes halogenated alkanes) is 3. The number of hydrogen-bond donors (Lipinski definition) is 0. The first-order valence-corrected chi connectivity index (χ1v) is 15.0. The second-order valence-electron chi connectivity index (χ2n) is 10.4. The van der Waals surface area contributed by atoms with Crippen LogP contribution in [0.15, 0.2) is 48.5 Å². The van der Waals surface area contributed by atoms with E-state index in [1.54, 1.807) is 48.5 Å². The molecule has 0 aromatic heterocycles. The van der Waals surface area contributed by atoms with Gasteiger partial charge in [-0.1, -0.05) is 27.7 Å². The number of esters is 2. The third kappa shape index (κ3) is 9.43. The fraction of sp³-hybridized carbons (Fsp3) is 0.529. The third-order valence-electron chi connectivity index (χ3n) is 7.75. The zero-order chi connectivity index (χ0) is 31.2. The van der Waals surface area contributed by atoms with Gasteiger partial charge >= 0.3 is 11.9 Å². The molecule has 0 saturated carbocycles. The van der Waals surface area contributed by atoms with Crippen molar-refractivity contribution in [3.05, 3.63) is 59.7 Å². The lowest BCUT2D eigenvalue weighted by molar-refractivity contribution is -0.153. The van der Waals surface area contributed by atoms with Gasteiger partial charge in [0, 0.05) is 12.5 Å². The predicted molar refractivity (Wildman–Crippen MR) is 161 cm³/mol. The van der Waals surface area contributed by atoms with Crippen LogP contribution in [0.2, 0.25) is 0 Å². The van der Waals surface area contributed by atoms with Crippen LogP contribution in [0.25, 0.3) is 0 Å². The third-order valence-corrected chi connectivity index (χ3v) is 7.75. The quantitative estimate of drug-likeness (QED) is 0.0964. The zero-order valence-electron chi connectivity index (χ0n) is 26.0. The number of carbonyl (C=O) groups is 4. The van der Waals surface area contributed by atoms with Crippen molar-refractivity contribution in [3.8, 4) is 11.5 Å². The van der Waals surface area contributed by atoms with Gasteiger partial charge in [0.2, 0.25) is 5.78 Å². The van der Waals surface area contributed by atoms with E-state index in [-0.39, 0.29) is 11.6 Å². The summed E-state index contributed by atoms with van der Waals surface area (Å²) in [6.07, 6.45) is 5.43. The van der Waals surface area contributed by atoms with Crippen LogP contribution in [0.3, 0.4) is 0 Å². The van der Waals surface area contributed by atoms with Gasteiger partial charge in [0.15, 0.2) is 17.0 Å². The summed E-state index contributed by atoms with van der Waals surface area (Å²) in [7, 11) is 0. The summed E-state index contributed by atoms with van der Waals surface area (Å²) in [4.78, 5) is 49.1. The molecule has 2 rings (SSSR count).